The fourth-order valence-corrected chi connectivity index (χ4v) is 2.40. The van der Waals surface area contributed by atoms with E-state index in [2.05, 4.69) is 0 Å². The number of rotatable bonds is 4. The van der Waals surface area contributed by atoms with Crippen LogP contribution in [0.5, 0.6) is 0 Å². The number of likely N-dealkylation sites (N-methyl/N-ethyl adjacent to an activating group) is 1. The van der Waals surface area contributed by atoms with Gasteiger partial charge in [-0.15, -0.1) is 0 Å². The summed E-state index contributed by atoms with van der Waals surface area (Å²) in [5.74, 6) is -0.398. The molecule has 0 fully saturated rings. The average molecular weight is 271 g/mol. The number of amides is 1. The lowest BCUT2D eigenvalue weighted by Crippen LogP contribution is -2.34. The Morgan fingerprint density at radius 3 is 2.17 bits per heavy atom. The zero-order valence-electron chi connectivity index (χ0n) is 10.9. The van der Waals surface area contributed by atoms with Gasteiger partial charge in [0.25, 0.3) is 16.0 Å². The van der Waals surface area contributed by atoms with Crippen molar-refractivity contribution in [3.63, 3.8) is 0 Å². The molecule has 1 atom stereocenters. The van der Waals surface area contributed by atoms with Gasteiger partial charge in [0, 0.05) is 14.1 Å². The van der Waals surface area contributed by atoms with Gasteiger partial charge in [-0.05, 0) is 26.0 Å². The van der Waals surface area contributed by atoms with Crippen LogP contribution < -0.4 is 0 Å². The minimum absolute atomic E-state index is 0.0477. The van der Waals surface area contributed by atoms with E-state index in [-0.39, 0.29) is 4.90 Å². The predicted molar refractivity (Wildman–Crippen MR) is 67.6 cm³/mol. The maximum absolute atomic E-state index is 11.9. The van der Waals surface area contributed by atoms with Crippen molar-refractivity contribution >= 4 is 16.0 Å². The number of nitrogens with zero attached hydrogens (tertiary/aromatic N) is 1. The molecular formula is C12H17NO4S. The van der Waals surface area contributed by atoms with Crippen LogP contribution in [0.2, 0.25) is 0 Å². The quantitative estimate of drug-likeness (QED) is 0.771. The number of hydrogen-bond donors (Lipinski definition) is 0. The van der Waals surface area contributed by atoms with E-state index in [0.29, 0.717) is 0 Å². The van der Waals surface area contributed by atoms with Gasteiger partial charge in [0.2, 0.25) is 0 Å². The summed E-state index contributed by atoms with van der Waals surface area (Å²) < 4.78 is 28.6. The molecule has 1 aromatic carbocycles. The standard InChI is InChI=1S/C12H17NO4S/c1-9-5-7-11(8-6-9)18(15,16)17-10(2)12(14)13(3)4/h5-8,10H,1-4H3/t10-/m0/s1. The molecule has 1 amide bonds. The van der Waals surface area contributed by atoms with Gasteiger partial charge >= 0.3 is 0 Å². The molecule has 0 aromatic heterocycles. The summed E-state index contributed by atoms with van der Waals surface area (Å²) in [5, 5.41) is 0. The summed E-state index contributed by atoms with van der Waals surface area (Å²) in [6, 6.07) is 6.26. The summed E-state index contributed by atoms with van der Waals surface area (Å²) in [4.78, 5) is 12.9. The van der Waals surface area contributed by atoms with Crippen molar-refractivity contribution in [3.05, 3.63) is 29.8 Å². The highest BCUT2D eigenvalue weighted by Crippen LogP contribution is 2.15. The van der Waals surface area contributed by atoms with Crippen molar-refractivity contribution in [2.24, 2.45) is 0 Å². The van der Waals surface area contributed by atoms with Gasteiger partial charge in [-0.1, -0.05) is 17.7 Å². The van der Waals surface area contributed by atoms with Crippen molar-refractivity contribution in [1.82, 2.24) is 4.90 Å². The minimum Gasteiger partial charge on any atom is -0.347 e. The van der Waals surface area contributed by atoms with Gasteiger partial charge in [0.05, 0.1) is 4.90 Å². The number of benzene rings is 1. The monoisotopic (exact) mass is 271 g/mol. The number of aryl methyl sites for hydroxylation is 1. The third-order valence-electron chi connectivity index (χ3n) is 2.37. The fraction of sp³-hybridized carbons (Fsp3) is 0.417. The maximum atomic E-state index is 11.9. The largest absolute Gasteiger partial charge is 0.347 e. The Balaban J connectivity index is 2.89. The van der Waals surface area contributed by atoms with Crippen LogP contribution in [0.3, 0.4) is 0 Å². The summed E-state index contributed by atoms with van der Waals surface area (Å²) in [6.07, 6.45) is -1.04. The second-order valence-electron chi connectivity index (χ2n) is 4.24. The third kappa shape index (κ3) is 3.54. The highest BCUT2D eigenvalue weighted by molar-refractivity contribution is 7.86. The van der Waals surface area contributed by atoms with Crippen LogP contribution in [-0.2, 0) is 19.1 Å². The highest BCUT2D eigenvalue weighted by Gasteiger charge is 2.24. The van der Waals surface area contributed by atoms with E-state index in [1.807, 2.05) is 6.92 Å². The second-order valence-corrected chi connectivity index (χ2v) is 5.81. The predicted octanol–water partition coefficient (Wildman–Crippen LogP) is 1.18. The molecule has 0 saturated carbocycles. The van der Waals surface area contributed by atoms with E-state index >= 15 is 0 Å². The van der Waals surface area contributed by atoms with E-state index in [0.717, 1.165) is 5.56 Å². The Hall–Kier alpha value is -1.40. The molecule has 0 N–H and O–H groups in total. The van der Waals surface area contributed by atoms with Crippen molar-refractivity contribution in [2.75, 3.05) is 14.1 Å². The SMILES string of the molecule is Cc1ccc(S(=O)(=O)O[C@@H](C)C(=O)N(C)C)cc1. The molecule has 0 spiro atoms. The Morgan fingerprint density at radius 1 is 1.22 bits per heavy atom. The zero-order chi connectivity index (χ0) is 13.9. The molecule has 0 bridgehead atoms. The highest BCUT2D eigenvalue weighted by atomic mass is 32.2. The molecule has 100 valence electrons. The average Bonchev–Trinajstić information content (AvgIpc) is 2.27. The molecule has 0 saturated heterocycles. The first-order chi connectivity index (χ1) is 8.24. The van der Waals surface area contributed by atoms with Crippen LogP contribution in [-0.4, -0.2) is 39.4 Å². The van der Waals surface area contributed by atoms with Crippen LogP contribution in [0, 0.1) is 6.92 Å². The van der Waals surface area contributed by atoms with Crippen LogP contribution in [0.25, 0.3) is 0 Å². The first kappa shape index (κ1) is 14.7. The number of carbonyl (C=O) groups is 1. The van der Waals surface area contributed by atoms with Gasteiger partial charge < -0.3 is 4.90 Å². The van der Waals surface area contributed by atoms with Gasteiger partial charge in [-0.2, -0.15) is 8.42 Å². The van der Waals surface area contributed by atoms with Gasteiger partial charge in [0.1, 0.15) is 0 Å². The lowest BCUT2D eigenvalue weighted by molar-refractivity contribution is -0.135. The zero-order valence-corrected chi connectivity index (χ0v) is 11.7. The van der Waals surface area contributed by atoms with Crippen molar-refractivity contribution in [2.45, 2.75) is 24.8 Å². The van der Waals surface area contributed by atoms with Crippen molar-refractivity contribution in [1.29, 1.82) is 0 Å². The molecule has 5 nitrogen and oxygen atoms in total. The smallest absolute Gasteiger partial charge is 0.297 e. The first-order valence-electron chi connectivity index (χ1n) is 5.45. The van der Waals surface area contributed by atoms with Crippen LogP contribution in [0.4, 0.5) is 0 Å². The van der Waals surface area contributed by atoms with Crippen LogP contribution in [0.15, 0.2) is 29.2 Å². The molecule has 1 rings (SSSR count). The molecule has 0 unspecified atom stereocenters. The minimum atomic E-state index is -3.90. The lowest BCUT2D eigenvalue weighted by atomic mass is 10.2. The Bertz CT molecular complexity index is 520. The Kier molecular flexibility index (Phi) is 4.48. The maximum Gasteiger partial charge on any atom is 0.297 e. The summed E-state index contributed by atoms with van der Waals surface area (Å²) in [5.41, 5.74) is 0.950. The fourth-order valence-electron chi connectivity index (χ4n) is 1.36. The Morgan fingerprint density at radius 2 is 1.72 bits per heavy atom. The summed E-state index contributed by atoms with van der Waals surface area (Å²) >= 11 is 0. The van der Waals surface area contributed by atoms with Gasteiger partial charge in [-0.25, -0.2) is 0 Å². The first-order valence-corrected chi connectivity index (χ1v) is 6.86. The van der Waals surface area contributed by atoms with Gasteiger partial charge in [0.15, 0.2) is 6.10 Å². The topological polar surface area (TPSA) is 63.7 Å². The Labute approximate surface area is 107 Å². The lowest BCUT2D eigenvalue weighted by Gasteiger charge is -2.17. The third-order valence-corrected chi connectivity index (χ3v) is 3.76. The van der Waals surface area contributed by atoms with Gasteiger partial charge in [-0.3, -0.25) is 8.98 Å². The molecular weight excluding hydrogens is 254 g/mol. The van der Waals surface area contributed by atoms with Crippen molar-refractivity contribution in [3.8, 4) is 0 Å². The van der Waals surface area contributed by atoms with E-state index in [4.69, 9.17) is 4.18 Å². The molecule has 0 aliphatic carbocycles. The molecule has 0 radical (unpaired) electrons. The van der Waals surface area contributed by atoms with E-state index in [1.165, 1.54) is 24.0 Å². The second kappa shape index (κ2) is 5.49. The summed E-state index contributed by atoms with van der Waals surface area (Å²) in [7, 11) is -0.818. The molecule has 0 heterocycles. The van der Waals surface area contributed by atoms with E-state index < -0.39 is 22.1 Å². The molecule has 0 aliphatic rings. The molecule has 6 heteroatoms. The van der Waals surface area contributed by atoms with E-state index in [9.17, 15) is 13.2 Å². The molecule has 0 aliphatic heterocycles. The number of hydrogen-bond acceptors (Lipinski definition) is 4. The molecule has 1 aromatic rings. The van der Waals surface area contributed by atoms with Crippen LogP contribution >= 0.6 is 0 Å². The van der Waals surface area contributed by atoms with Crippen molar-refractivity contribution < 1.29 is 17.4 Å². The molecule has 18 heavy (non-hydrogen) atoms. The van der Waals surface area contributed by atoms with Crippen LogP contribution in [0.1, 0.15) is 12.5 Å². The number of carbonyl (C=O) groups excluding carboxylic acids is 1. The normalized spacial score (nSPS) is 13.1. The summed E-state index contributed by atoms with van der Waals surface area (Å²) in [6.45, 7) is 3.27. The van der Waals surface area contributed by atoms with E-state index in [1.54, 1.807) is 26.2 Å².